The molecule has 2 aliphatic rings. The second kappa shape index (κ2) is 21.2. The molecule has 88 heavy (non-hydrogen) atoms. The number of rotatable bonds is 7. The molecule has 0 amide bonds. The zero-order chi connectivity index (χ0) is 62.0. The van der Waals surface area contributed by atoms with Gasteiger partial charge in [0.25, 0.3) is 0 Å². The number of hydrogen-bond acceptors (Lipinski definition) is 4. The summed E-state index contributed by atoms with van der Waals surface area (Å²) < 4.78 is 13.0. The number of imidazole rings is 1. The maximum atomic E-state index is 7.19. The number of ether oxygens (including phenoxy) is 1. The number of para-hydroxylation sites is 2. The second-order valence-electron chi connectivity index (χ2n) is 29.2. The van der Waals surface area contributed by atoms with E-state index in [1.807, 2.05) is 12.3 Å². The summed E-state index contributed by atoms with van der Waals surface area (Å²) in [7, 11) is 0. The number of pyridine rings is 1. The van der Waals surface area contributed by atoms with Gasteiger partial charge >= 0.3 is 322 Å². The van der Waals surface area contributed by atoms with Crippen LogP contribution in [0.25, 0.3) is 33.5 Å². The molecule has 446 valence electrons. The van der Waals surface area contributed by atoms with E-state index >= 15 is 0 Å². The molecule has 0 saturated carbocycles. The molecule has 0 fully saturated rings. The van der Waals surface area contributed by atoms with Crippen LogP contribution in [0.1, 0.15) is 154 Å². The second-order valence-corrected chi connectivity index (χ2v) is 30.2. The molecule has 13 rings (SSSR count). The predicted molar refractivity (Wildman–Crippen MR) is 362 cm³/mol. The van der Waals surface area contributed by atoms with Crippen LogP contribution < -0.4 is 14.5 Å². The summed E-state index contributed by atoms with van der Waals surface area (Å²) in [6.07, 6.45) is 1.96. The molecule has 0 aliphatic carbocycles. The first kappa shape index (κ1) is 58.7. The van der Waals surface area contributed by atoms with E-state index in [-0.39, 0.29) is 27.1 Å². The molecular weight excluding hydrogens is 1250 g/mol. The van der Waals surface area contributed by atoms with Gasteiger partial charge in [-0.3, -0.25) is 0 Å². The van der Waals surface area contributed by atoms with Crippen LogP contribution in [0.2, 0.25) is 0 Å². The standard InChI is InChI=1S/C81H79N5O.Pt/c1-76(2,3)55-34-37-66-71(47-55)85(60-27-20-17-21-28-60)72-48-56(77(4,5)6)35-38-67(72)81(66)65-31-22-23-32-69(65)86(75-49-57(41-42-82-75)78(7,8)9)73-51-64(36-39-68(73)81)87-63-30-24-29-61(50-63)83-52-84(62-45-58(79(10,11)12)44-59(46-62)80(13,14)15)74-43-54(33-40-70(74)83)53-25-18-16-19-26-53;/h16-49H,1-15H3;/q-2;. The van der Waals surface area contributed by atoms with Crippen molar-refractivity contribution >= 4 is 45.3 Å². The fourth-order valence-corrected chi connectivity index (χ4v) is 14.1. The molecule has 2 aromatic heterocycles. The summed E-state index contributed by atoms with van der Waals surface area (Å²) in [5.41, 5.74) is 21.3. The molecule has 0 radical (unpaired) electrons. The maximum absolute atomic E-state index is 7.19. The summed E-state index contributed by atoms with van der Waals surface area (Å²) in [4.78, 5) is 10.1. The quantitative estimate of drug-likeness (QED) is 0.149. The van der Waals surface area contributed by atoms with Crippen LogP contribution in [0.15, 0.2) is 206 Å². The van der Waals surface area contributed by atoms with Gasteiger partial charge in [0.15, 0.2) is 0 Å². The fraction of sp³-hybridized carbons (Fsp3) is 0.259. The van der Waals surface area contributed by atoms with Crippen molar-refractivity contribution in [1.82, 2.24) is 14.1 Å². The summed E-state index contributed by atoms with van der Waals surface area (Å²) in [5.74, 6) is 1.95. The van der Waals surface area contributed by atoms with E-state index in [0.717, 1.165) is 77.2 Å². The van der Waals surface area contributed by atoms with Crippen LogP contribution in [0, 0.1) is 15.9 Å². The van der Waals surface area contributed by atoms with Crippen molar-refractivity contribution in [2.45, 2.75) is 136 Å². The Morgan fingerprint density at radius 3 is 1.55 bits per heavy atom. The predicted octanol–water partition coefficient (Wildman–Crippen LogP) is 21.4. The van der Waals surface area contributed by atoms with Gasteiger partial charge in [0.05, 0.1) is 11.4 Å². The van der Waals surface area contributed by atoms with Crippen LogP contribution in [-0.2, 0) is 51.8 Å². The fourth-order valence-electron chi connectivity index (χ4n) is 13.0. The van der Waals surface area contributed by atoms with E-state index in [9.17, 15) is 0 Å². The topological polar surface area (TPSA) is 38.5 Å². The minimum atomic E-state index is -0.823. The van der Waals surface area contributed by atoms with E-state index in [2.05, 4.69) is 348 Å². The van der Waals surface area contributed by atoms with Gasteiger partial charge in [0.1, 0.15) is 0 Å². The molecule has 6 nitrogen and oxygen atoms in total. The van der Waals surface area contributed by atoms with Gasteiger partial charge in [-0.25, -0.2) is 0 Å². The normalized spacial score (nSPS) is 14.0. The molecule has 9 aromatic carbocycles. The number of benzene rings is 9. The molecule has 2 aliphatic heterocycles. The van der Waals surface area contributed by atoms with Gasteiger partial charge in [-0.15, -0.1) is 0 Å². The number of nitrogens with zero attached hydrogens (tertiary/aromatic N) is 5. The van der Waals surface area contributed by atoms with Gasteiger partial charge < -0.3 is 4.90 Å². The zero-order valence-corrected chi connectivity index (χ0v) is 55.9. The van der Waals surface area contributed by atoms with E-state index in [1.54, 1.807) is 0 Å². The van der Waals surface area contributed by atoms with Crippen molar-refractivity contribution in [3.05, 3.63) is 272 Å². The molecule has 7 heteroatoms. The van der Waals surface area contributed by atoms with Crippen molar-refractivity contribution in [2.75, 3.05) is 9.80 Å². The van der Waals surface area contributed by atoms with E-state index < -0.39 is 5.41 Å². The van der Waals surface area contributed by atoms with Crippen LogP contribution >= 0.6 is 0 Å². The third-order valence-corrected chi connectivity index (χ3v) is 19.0. The summed E-state index contributed by atoms with van der Waals surface area (Å²) >= 11 is 2.52. The number of fused-ring (bicyclic) bond motifs is 9. The first-order valence-electron chi connectivity index (χ1n) is 30.9. The van der Waals surface area contributed by atoms with Crippen molar-refractivity contribution in [3.8, 4) is 34.0 Å². The van der Waals surface area contributed by atoms with Crippen molar-refractivity contribution in [2.24, 2.45) is 0 Å². The molecule has 0 atom stereocenters. The molecule has 4 heterocycles. The molecule has 0 bridgehead atoms. The molecule has 0 unspecified atom stereocenters. The Hall–Kier alpha value is -8.31. The number of aromatic nitrogens is 3. The van der Waals surface area contributed by atoms with Gasteiger partial charge in [0, 0.05) is 11.9 Å². The van der Waals surface area contributed by atoms with E-state index in [0.29, 0.717) is 11.5 Å². The molecular formula is C81H79N5OPt-2. The van der Waals surface area contributed by atoms with Gasteiger partial charge in [-0.05, 0) is 63.3 Å². The Kier molecular flexibility index (Phi) is 14.1. The molecule has 0 N–H and O–H groups in total. The molecule has 1 spiro atoms. The zero-order valence-electron chi connectivity index (χ0n) is 53.6. The number of hydrogen-bond donors (Lipinski definition) is 0. The SMILES string of the molecule is CC(C)(C)c1cc(-n2[c](=[Pt])n(-c3[c-]c(Oc4[c-]c5c(cc4)C4(c6ccccc6N5c5cc(C(C)(C)C)ccn5)c5ccc(C(C)(C)C)cc5N(c5ccccc5)c5cc(C(C)(C)C)ccc54)ccc3)c3ccc(-c4ccccc4)cc32)cc(C(C)(C)C)c1. The van der Waals surface area contributed by atoms with E-state index in [1.165, 1.54) is 44.5 Å². The summed E-state index contributed by atoms with van der Waals surface area (Å²) in [6, 6.07) is 81.8. The average molecular weight is 1330 g/mol. The monoisotopic (exact) mass is 1330 g/mol. The number of anilines is 6. The summed E-state index contributed by atoms with van der Waals surface area (Å²) in [5, 5.41) is 0. The third-order valence-electron chi connectivity index (χ3n) is 18.0. The Morgan fingerprint density at radius 1 is 0.386 bits per heavy atom. The van der Waals surface area contributed by atoms with Crippen molar-refractivity contribution in [3.63, 3.8) is 0 Å². The Labute approximate surface area is 532 Å². The Balaban J connectivity index is 1.03. The third kappa shape index (κ3) is 10.1. The van der Waals surface area contributed by atoms with Gasteiger partial charge in [-0.2, -0.15) is 0 Å². The Morgan fingerprint density at radius 2 is 0.932 bits per heavy atom. The molecule has 11 aromatic rings. The first-order valence-corrected chi connectivity index (χ1v) is 32.1. The van der Waals surface area contributed by atoms with Crippen LogP contribution in [-0.4, -0.2) is 14.1 Å². The molecule has 0 saturated heterocycles. The van der Waals surface area contributed by atoms with Gasteiger partial charge in [-0.1, -0.05) is 123 Å². The van der Waals surface area contributed by atoms with E-state index in [4.69, 9.17) is 9.72 Å². The average Bonchev–Trinajstić information content (AvgIpc) is 0.796. The van der Waals surface area contributed by atoms with Gasteiger partial charge in [0.2, 0.25) is 0 Å². The minimum absolute atomic E-state index is 0.0713. The summed E-state index contributed by atoms with van der Waals surface area (Å²) in [6.45, 7) is 34.5. The Bertz CT molecular complexity index is 4490. The van der Waals surface area contributed by atoms with Crippen molar-refractivity contribution < 1.29 is 24.1 Å². The van der Waals surface area contributed by atoms with Crippen LogP contribution in [0.3, 0.4) is 0 Å². The van der Waals surface area contributed by atoms with Crippen LogP contribution in [0.4, 0.5) is 34.3 Å². The van der Waals surface area contributed by atoms with Crippen molar-refractivity contribution in [1.29, 1.82) is 0 Å². The van der Waals surface area contributed by atoms with Crippen LogP contribution in [0.5, 0.6) is 11.5 Å². The first-order chi connectivity index (χ1) is 41.7.